The molecular weight excluding hydrogens is 462 g/mol. The summed E-state index contributed by atoms with van der Waals surface area (Å²) in [6, 6.07) is 12.3. The first-order valence-corrected chi connectivity index (χ1v) is 12.7. The first-order valence-electron chi connectivity index (χ1n) is 12.7. The summed E-state index contributed by atoms with van der Waals surface area (Å²) in [5.74, 6) is 0.807. The summed E-state index contributed by atoms with van der Waals surface area (Å²) in [6.07, 6.45) is 17.2. The number of pyridine rings is 4. The lowest BCUT2D eigenvalue weighted by molar-refractivity contribution is 0.154. The van der Waals surface area contributed by atoms with Crippen LogP contribution in [0.4, 0.5) is 0 Å². The molecule has 37 heavy (non-hydrogen) atoms. The molecule has 0 aliphatic heterocycles. The standard InChI is InChI=1S/C29H25N7O/c1-2-6-21(7-3-1)37-22-11-19(15-31-17-22)20-12-25-27(35-36-29(25)33-16-20)26-13-24-23(8-10-32-28(24)34-26)18-5-4-9-30-14-18/h4-5,8-17,21H,1-3,6-7H2,(H,32,34)(H,33,35,36). The zero-order chi connectivity index (χ0) is 24.6. The molecule has 0 atom stereocenters. The van der Waals surface area contributed by atoms with E-state index in [0.29, 0.717) is 5.65 Å². The van der Waals surface area contributed by atoms with Crippen LogP contribution in [0.3, 0.4) is 0 Å². The van der Waals surface area contributed by atoms with Crippen LogP contribution in [-0.2, 0) is 0 Å². The normalized spacial score (nSPS) is 14.4. The van der Waals surface area contributed by atoms with E-state index in [4.69, 9.17) is 4.74 Å². The molecule has 6 heterocycles. The predicted molar refractivity (Wildman–Crippen MR) is 143 cm³/mol. The van der Waals surface area contributed by atoms with Crippen molar-refractivity contribution in [1.82, 2.24) is 35.1 Å². The number of nitrogens with one attached hydrogen (secondary N) is 2. The van der Waals surface area contributed by atoms with Gasteiger partial charge in [0, 0.05) is 58.4 Å². The van der Waals surface area contributed by atoms with Crippen molar-refractivity contribution in [3.63, 3.8) is 0 Å². The second-order valence-electron chi connectivity index (χ2n) is 9.53. The maximum absolute atomic E-state index is 6.25. The molecular formula is C29H25N7O. The van der Waals surface area contributed by atoms with E-state index in [2.05, 4.69) is 59.4 Å². The second-order valence-corrected chi connectivity index (χ2v) is 9.53. The SMILES string of the molecule is c1cncc(-c2ccnc3[nH]c(-c4[nH]nc5ncc(-c6cncc(OC7CCCCC7)c6)cc45)cc23)c1. The lowest BCUT2D eigenvalue weighted by atomic mass is 9.98. The molecule has 6 aromatic heterocycles. The summed E-state index contributed by atoms with van der Waals surface area (Å²) in [6.45, 7) is 0. The number of ether oxygens (including phenoxy) is 1. The molecule has 0 spiro atoms. The summed E-state index contributed by atoms with van der Waals surface area (Å²) in [4.78, 5) is 21.3. The van der Waals surface area contributed by atoms with Crippen LogP contribution in [0.2, 0.25) is 0 Å². The van der Waals surface area contributed by atoms with Gasteiger partial charge in [-0.3, -0.25) is 15.1 Å². The molecule has 0 unspecified atom stereocenters. The number of nitrogens with zero attached hydrogens (tertiary/aromatic N) is 5. The Bertz CT molecular complexity index is 1700. The van der Waals surface area contributed by atoms with Crippen LogP contribution in [0.25, 0.3) is 55.7 Å². The molecule has 0 amide bonds. The highest BCUT2D eigenvalue weighted by Gasteiger charge is 2.17. The van der Waals surface area contributed by atoms with Crippen molar-refractivity contribution in [2.45, 2.75) is 38.2 Å². The molecule has 1 aliphatic rings. The summed E-state index contributed by atoms with van der Waals surface area (Å²) < 4.78 is 6.25. The fourth-order valence-electron chi connectivity index (χ4n) is 5.21. The Balaban J connectivity index is 1.26. The van der Waals surface area contributed by atoms with Gasteiger partial charge in [-0.2, -0.15) is 5.10 Å². The molecule has 0 saturated heterocycles. The predicted octanol–water partition coefficient (Wildman–Crippen LogP) is 6.34. The summed E-state index contributed by atoms with van der Waals surface area (Å²) in [5.41, 5.74) is 7.26. The Morgan fingerprint density at radius 3 is 2.57 bits per heavy atom. The minimum Gasteiger partial charge on any atom is -0.489 e. The average Bonchev–Trinajstić information content (AvgIpc) is 3.58. The molecule has 1 saturated carbocycles. The van der Waals surface area contributed by atoms with Gasteiger partial charge in [0.15, 0.2) is 5.65 Å². The van der Waals surface area contributed by atoms with Crippen molar-refractivity contribution < 1.29 is 4.74 Å². The van der Waals surface area contributed by atoms with Gasteiger partial charge in [-0.1, -0.05) is 12.5 Å². The smallest absolute Gasteiger partial charge is 0.181 e. The number of hydrogen-bond donors (Lipinski definition) is 2. The third kappa shape index (κ3) is 4.10. The number of aromatic nitrogens is 7. The zero-order valence-corrected chi connectivity index (χ0v) is 20.2. The third-order valence-electron chi connectivity index (χ3n) is 7.08. The summed E-state index contributed by atoms with van der Waals surface area (Å²) in [5, 5.41) is 9.56. The molecule has 7 rings (SSSR count). The van der Waals surface area contributed by atoms with Crippen molar-refractivity contribution in [3.8, 4) is 39.4 Å². The van der Waals surface area contributed by atoms with E-state index in [-0.39, 0.29) is 6.10 Å². The lowest BCUT2D eigenvalue weighted by Crippen LogP contribution is -2.19. The Hall–Kier alpha value is -4.59. The van der Waals surface area contributed by atoms with Crippen LogP contribution in [0.1, 0.15) is 32.1 Å². The summed E-state index contributed by atoms with van der Waals surface area (Å²) in [7, 11) is 0. The van der Waals surface area contributed by atoms with Gasteiger partial charge in [0.2, 0.25) is 0 Å². The largest absolute Gasteiger partial charge is 0.489 e. The number of rotatable bonds is 5. The molecule has 1 fully saturated rings. The van der Waals surface area contributed by atoms with E-state index < -0.39 is 0 Å². The van der Waals surface area contributed by atoms with Crippen LogP contribution in [0.15, 0.2) is 73.6 Å². The number of H-pyrrole nitrogens is 2. The number of fused-ring (bicyclic) bond motifs is 2. The Morgan fingerprint density at radius 2 is 1.68 bits per heavy atom. The highest BCUT2D eigenvalue weighted by Crippen LogP contribution is 2.34. The maximum atomic E-state index is 6.25. The van der Waals surface area contributed by atoms with Crippen molar-refractivity contribution in [1.29, 1.82) is 0 Å². The Kier molecular flexibility index (Phi) is 5.35. The lowest BCUT2D eigenvalue weighted by Gasteiger charge is -2.23. The molecule has 0 bridgehead atoms. The van der Waals surface area contributed by atoms with Crippen molar-refractivity contribution >= 4 is 22.1 Å². The van der Waals surface area contributed by atoms with Gasteiger partial charge < -0.3 is 9.72 Å². The second kappa shape index (κ2) is 9.13. The van der Waals surface area contributed by atoms with Crippen LogP contribution in [0.5, 0.6) is 5.75 Å². The topological polar surface area (TPSA) is 105 Å². The molecule has 1 aliphatic carbocycles. The van der Waals surface area contributed by atoms with E-state index in [0.717, 1.165) is 68.7 Å². The molecule has 6 aromatic rings. The average molecular weight is 488 g/mol. The van der Waals surface area contributed by atoms with E-state index in [1.165, 1.54) is 19.3 Å². The van der Waals surface area contributed by atoms with Gasteiger partial charge in [0.1, 0.15) is 11.4 Å². The maximum Gasteiger partial charge on any atom is 0.181 e. The van der Waals surface area contributed by atoms with Gasteiger partial charge in [-0.25, -0.2) is 9.97 Å². The molecule has 8 heteroatoms. The molecule has 0 radical (unpaired) electrons. The van der Waals surface area contributed by atoms with Gasteiger partial charge in [-0.05, 0) is 61.6 Å². The third-order valence-corrected chi connectivity index (χ3v) is 7.08. The van der Waals surface area contributed by atoms with E-state index in [9.17, 15) is 0 Å². The fourth-order valence-corrected chi connectivity index (χ4v) is 5.21. The molecule has 0 aromatic carbocycles. The van der Waals surface area contributed by atoms with Crippen LogP contribution >= 0.6 is 0 Å². The van der Waals surface area contributed by atoms with Gasteiger partial charge in [0.25, 0.3) is 0 Å². The summed E-state index contributed by atoms with van der Waals surface area (Å²) >= 11 is 0. The molecule has 182 valence electrons. The van der Waals surface area contributed by atoms with E-state index >= 15 is 0 Å². The number of hydrogen-bond acceptors (Lipinski definition) is 6. The van der Waals surface area contributed by atoms with Crippen molar-refractivity contribution in [2.24, 2.45) is 0 Å². The zero-order valence-electron chi connectivity index (χ0n) is 20.2. The van der Waals surface area contributed by atoms with Gasteiger partial charge >= 0.3 is 0 Å². The Labute approximate surface area is 213 Å². The van der Waals surface area contributed by atoms with Crippen LogP contribution < -0.4 is 4.74 Å². The van der Waals surface area contributed by atoms with E-state index in [1.54, 1.807) is 12.4 Å². The van der Waals surface area contributed by atoms with Crippen molar-refractivity contribution in [3.05, 3.63) is 73.6 Å². The highest BCUT2D eigenvalue weighted by molar-refractivity contribution is 5.99. The first-order chi connectivity index (χ1) is 18.3. The monoisotopic (exact) mass is 487 g/mol. The highest BCUT2D eigenvalue weighted by atomic mass is 16.5. The minimum absolute atomic E-state index is 0.277. The quantitative estimate of drug-likeness (QED) is 0.294. The molecule has 2 N–H and O–H groups in total. The van der Waals surface area contributed by atoms with Gasteiger partial charge in [0.05, 0.1) is 23.7 Å². The Morgan fingerprint density at radius 1 is 0.784 bits per heavy atom. The first kappa shape index (κ1) is 21.7. The van der Waals surface area contributed by atoms with Crippen LogP contribution in [0, 0.1) is 0 Å². The minimum atomic E-state index is 0.277. The number of aromatic amines is 2. The fraction of sp³-hybridized carbons (Fsp3) is 0.207. The van der Waals surface area contributed by atoms with Gasteiger partial charge in [-0.15, -0.1) is 0 Å². The molecule has 8 nitrogen and oxygen atoms in total. The van der Waals surface area contributed by atoms with Crippen LogP contribution in [-0.4, -0.2) is 41.2 Å². The van der Waals surface area contributed by atoms with E-state index in [1.807, 2.05) is 36.9 Å². The van der Waals surface area contributed by atoms with Crippen molar-refractivity contribution in [2.75, 3.05) is 0 Å².